The number of amides is 1. The molecule has 3 nitrogen and oxygen atoms in total. The summed E-state index contributed by atoms with van der Waals surface area (Å²) in [5.74, 6) is -1.32. The lowest BCUT2D eigenvalue weighted by molar-refractivity contribution is -0.122. The number of hydrogen-bond donors (Lipinski definition) is 1. The summed E-state index contributed by atoms with van der Waals surface area (Å²) in [7, 11) is 1.88. The first kappa shape index (κ1) is 17.6. The summed E-state index contributed by atoms with van der Waals surface area (Å²) in [6.45, 7) is 2.48. The topological polar surface area (TPSA) is 32.3 Å². The lowest BCUT2D eigenvalue weighted by Crippen LogP contribution is -2.37. The predicted molar refractivity (Wildman–Crippen MR) is 88.4 cm³/mol. The van der Waals surface area contributed by atoms with Gasteiger partial charge in [-0.25, -0.2) is 8.78 Å². The van der Waals surface area contributed by atoms with Gasteiger partial charge in [-0.2, -0.15) is 0 Å². The third-order valence-electron chi connectivity index (χ3n) is 3.77. The first-order valence-electron chi connectivity index (χ1n) is 7.42. The van der Waals surface area contributed by atoms with Crippen LogP contribution in [0.5, 0.6) is 0 Å². The Morgan fingerprint density at radius 1 is 1.26 bits per heavy atom. The molecule has 6 heteroatoms. The van der Waals surface area contributed by atoms with E-state index in [2.05, 4.69) is 5.32 Å². The van der Waals surface area contributed by atoms with Crippen molar-refractivity contribution in [2.75, 3.05) is 20.1 Å². The van der Waals surface area contributed by atoms with Crippen molar-refractivity contribution in [1.82, 2.24) is 10.2 Å². The van der Waals surface area contributed by atoms with Gasteiger partial charge in [0.15, 0.2) is 0 Å². The smallest absolute Gasteiger partial charge is 0.234 e. The summed E-state index contributed by atoms with van der Waals surface area (Å²) in [6.07, 6.45) is 0.133. The van der Waals surface area contributed by atoms with Crippen molar-refractivity contribution in [1.29, 1.82) is 0 Å². The monoisotopic (exact) mass is 338 g/mol. The van der Waals surface area contributed by atoms with E-state index >= 15 is 0 Å². The molecule has 0 fully saturated rings. The Kier molecular flexibility index (Phi) is 6.24. The van der Waals surface area contributed by atoms with Crippen molar-refractivity contribution < 1.29 is 13.6 Å². The zero-order valence-corrected chi connectivity index (χ0v) is 14.0. The van der Waals surface area contributed by atoms with Gasteiger partial charge in [-0.3, -0.25) is 9.69 Å². The number of nitrogens with zero attached hydrogens (tertiary/aromatic N) is 1. The van der Waals surface area contributed by atoms with Crippen LogP contribution in [-0.2, 0) is 11.2 Å². The molecule has 0 spiro atoms. The van der Waals surface area contributed by atoms with Gasteiger partial charge in [0.2, 0.25) is 5.91 Å². The summed E-state index contributed by atoms with van der Waals surface area (Å²) in [5, 5.41) is 4.71. The molecule has 0 saturated carbocycles. The van der Waals surface area contributed by atoms with E-state index in [9.17, 15) is 13.6 Å². The van der Waals surface area contributed by atoms with Gasteiger partial charge >= 0.3 is 0 Å². The van der Waals surface area contributed by atoms with Crippen LogP contribution < -0.4 is 5.32 Å². The maximum Gasteiger partial charge on any atom is 0.234 e. The highest BCUT2D eigenvalue weighted by Gasteiger charge is 2.15. The summed E-state index contributed by atoms with van der Waals surface area (Å²) < 4.78 is 27.0. The van der Waals surface area contributed by atoms with Crippen LogP contribution in [0.2, 0.25) is 0 Å². The second kappa shape index (κ2) is 8.17. The van der Waals surface area contributed by atoms with Crippen molar-refractivity contribution in [2.24, 2.45) is 0 Å². The van der Waals surface area contributed by atoms with Gasteiger partial charge in [0.25, 0.3) is 0 Å². The largest absolute Gasteiger partial charge is 0.355 e. The second-order valence-electron chi connectivity index (χ2n) is 5.41. The van der Waals surface area contributed by atoms with Gasteiger partial charge in [0.1, 0.15) is 11.6 Å². The van der Waals surface area contributed by atoms with Crippen molar-refractivity contribution in [2.45, 2.75) is 19.4 Å². The van der Waals surface area contributed by atoms with Crippen LogP contribution in [0.4, 0.5) is 8.78 Å². The van der Waals surface area contributed by atoms with Crippen molar-refractivity contribution >= 4 is 17.2 Å². The number of likely N-dealkylation sites (N-methyl/N-ethyl adjacent to an activating group) is 1. The van der Waals surface area contributed by atoms with Crippen LogP contribution in [0.1, 0.15) is 23.4 Å². The second-order valence-corrected chi connectivity index (χ2v) is 6.39. The molecule has 0 aliphatic rings. The number of benzene rings is 1. The fourth-order valence-electron chi connectivity index (χ4n) is 2.26. The van der Waals surface area contributed by atoms with Crippen LogP contribution >= 0.6 is 11.3 Å². The van der Waals surface area contributed by atoms with E-state index in [0.29, 0.717) is 0 Å². The molecule has 0 aliphatic heterocycles. The minimum Gasteiger partial charge on any atom is -0.355 e. The Morgan fingerprint density at radius 3 is 2.57 bits per heavy atom. The molecule has 0 radical (unpaired) electrons. The fraction of sp³-hybridized carbons (Fsp3) is 0.353. The zero-order chi connectivity index (χ0) is 16.8. The number of carbonyl (C=O) groups is 1. The maximum atomic E-state index is 13.5. The van der Waals surface area contributed by atoms with E-state index in [1.54, 1.807) is 11.3 Å². The van der Waals surface area contributed by atoms with Gasteiger partial charge in [0.05, 0.1) is 6.54 Å². The predicted octanol–water partition coefficient (Wildman–Crippen LogP) is 3.38. The molecule has 0 bridgehead atoms. The molecule has 1 unspecified atom stereocenters. The maximum absolute atomic E-state index is 13.5. The van der Waals surface area contributed by atoms with Crippen molar-refractivity contribution in [3.63, 3.8) is 0 Å². The molecule has 124 valence electrons. The van der Waals surface area contributed by atoms with E-state index in [0.717, 1.165) is 0 Å². The number of rotatable bonds is 7. The summed E-state index contributed by atoms with van der Waals surface area (Å²) in [4.78, 5) is 15.1. The molecule has 1 aromatic carbocycles. The van der Waals surface area contributed by atoms with Crippen molar-refractivity contribution in [3.8, 4) is 0 Å². The van der Waals surface area contributed by atoms with Gasteiger partial charge in [-0.05, 0) is 44.0 Å². The minimum atomic E-state index is -0.581. The molecule has 1 N–H and O–H groups in total. The van der Waals surface area contributed by atoms with Gasteiger partial charge in [-0.15, -0.1) is 11.3 Å². The Balaban J connectivity index is 1.79. The lowest BCUT2D eigenvalue weighted by Gasteiger charge is -2.23. The zero-order valence-electron chi connectivity index (χ0n) is 13.2. The van der Waals surface area contributed by atoms with Gasteiger partial charge in [0, 0.05) is 23.0 Å². The van der Waals surface area contributed by atoms with Crippen molar-refractivity contribution in [3.05, 3.63) is 57.8 Å². The summed E-state index contributed by atoms with van der Waals surface area (Å²) in [5.41, 5.74) is 0.00751. The molecule has 2 rings (SSSR count). The first-order chi connectivity index (χ1) is 11.0. The molecule has 1 aromatic heterocycles. The van der Waals surface area contributed by atoms with Crippen LogP contribution in [-0.4, -0.2) is 30.9 Å². The number of carbonyl (C=O) groups excluding carboxylic acids is 1. The average molecular weight is 338 g/mol. The molecular weight excluding hydrogens is 318 g/mol. The molecule has 23 heavy (non-hydrogen) atoms. The highest BCUT2D eigenvalue weighted by molar-refractivity contribution is 7.10. The van der Waals surface area contributed by atoms with Crippen LogP contribution in [0.3, 0.4) is 0 Å². The lowest BCUT2D eigenvalue weighted by atomic mass is 10.1. The molecule has 1 amide bonds. The number of nitrogens with one attached hydrogen (secondary N) is 1. The SMILES string of the molecule is CC(c1cccs1)N(C)CC(=O)NCCc1c(F)cccc1F. The van der Waals surface area contributed by atoms with Crippen LogP contribution in [0.15, 0.2) is 35.7 Å². The molecule has 1 atom stereocenters. The third-order valence-corrected chi connectivity index (χ3v) is 4.81. The number of halogens is 2. The Bertz CT molecular complexity index is 626. The van der Waals surface area contributed by atoms with E-state index in [4.69, 9.17) is 0 Å². The van der Waals surface area contributed by atoms with Gasteiger partial charge in [-0.1, -0.05) is 12.1 Å². The molecule has 0 aliphatic carbocycles. The highest BCUT2D eigenvalue weighted by Crippen LogP contribution is 2.22. The molecule has 2 aromatic rings. The Hall–Kier alpha value is -1.79. The minimum absolute atomic E-state index is 0.00751. The van der Waals surface area contributed by atoms with Crippen LogP contribution in [0, 0.1) is 11.6 Å². The summed E-state index contributed by atoms with van der Waals surface area (Å²) in [6, 6.07) is 7.92. The Labute approximate surface area is 138 Å². The van der Waals surface area contributed by atoms with E-state index in [1.165, 1.54) is 23.1 Å². The van der Waals surface area contributed by atoms with Crippen LogP contribution in [0.25, 0.3) is 0 Å². The highest BCUT2D eigenvalue weighted by atomic mass is 32.1. The number of hydrogen-bond acceptors (Lipinski definition) is 3. The first-order valence-corrected chi connectivity index (χ1v) is 8.30. The molecule has 1 heterocycles. The molecule has 0 saturated heterocycles. The fourth-order valence-corrected chi connectivity index (χ4v) is 3.11. The average Bonchev–Trinajstić information content (AvgIpc) is 3.03. The number of thiophene rings is 1. The van der Waals surface area contributed by atoms with E-state index in [1.807, 2.05) is 36.4 Å². The third kappa shape index (κ3) is 4.84. The molecular formula is C17H20F2N2OS. The van der Waals surface area contributed by atoms with Gasteiger partial charge < -0.3 is 5.32 Å². The quantitative estimate of drug-likeness (QED) is 0.839. The van der Waals surface area contributed by atoms with E-state index in [-0.39, 0.29) is 37.0 Å². The standard InChI is InChI=1S/C17H20F2N2OS/c1-12(16-7-4-10-23-16)21(2)11-17(22)20-9-8-13-14(18)5-3-6-15(13)19/h3-7,10,12H,8-9,11H2,1-2H3,(H,20,22). The van der Waals surface area contributed by atoms with E-state index < -0.39 is 11.6 Å². The Morgan fingerprint density at radius 2 is 1.96 bits per heavy atom. The normalized spacial score (nSPS) is 12.4. The summed E-state index contributed by atoms with van der Waals surface area (Å²) >= 11 is 1.65.